The van der Waals surface area contributed by atoms with E-state index in [0.717, 1.165) is 23.3 Å². The third-order valence-corrected chi connectivity index (χ3v) is 6.43. The molecule has 3 heterocycles. The van der Waals surface area contributed by atoms with Crippen molar-refractivity contribution in [1.82, 2.24) is 4.90 Å². The van der Waals surface area contributed by atoms with Gasteiger partial charge in [0.15, 0.2) is 11.5 Å². The third-order valence-electron chi connectivity index (χ3n) is 6.43. The highest BCUT2D eigenvalue weighted by molar-refractivity contribution is 6.05. The molecule has 10 heteroatoms. The van der Waals surface area contributed by atoms with Gasteiger partial charge >= 0.3 is 6.18 Å². The van der Waals surface area contributed by atoms with Crippen molar-refractivity contribution in [3.05, 3.63) is 48.0 Å². The highest BCUT2D eigenvalue weighted by Gasteiger charge is 2.49. The number of carbonyl (C=O) groups is 2. The van der Waals surface area contributed by atoms with Crippen LogP contribution in [0.4, 0.5) is 24.5 Å². The maximum atomic E-state index is 14.0. The molecule has 0 bridgehead atoms. The first-order chi connectivity index (χ1) is 16.3. The number of fused-ring (bicyclic) bond motifs is 2. The van der Waals surface area contributed by atoms with E-state index in [0.29, 0.717) is 31.3 Å². The topological polar surface area (TPSA) is 71.1 Å². The van der Waals surface area contributed by atoms with Crippen LogP contribution < -0.4 is 19.7 Å². The summed E-state index contributed by atoms with van der Waals surface area (Å²) in [6.07, 6.45) is -4.03. The van der Waals surface area contributed by atoms with Gasteiger partial charge in [-0.1, -0.05) is 18.2 Å². The van der Waals surface area contributed by atoms with Crippen molar-refractivity contribution in [1.29, 1.82) is 0 Å². The molecular weight excluding hydrogens is 451 g/mol. The van der Waals surface area contributed by atoms with Gasteiger partial charge in [0.25, 0.3) is 0 Å². The number of amides is 2. The number of likely N-dealkylation sites (tertiary alicyclic amines) is 1. The van der Waals surface area contributed by atoms with Crippen molar-refractivity contribution in [3.8, 4) is 11.5 Å². The second kappa shape index (κ2) is 8.83. The Bertz CT molecular complexity index is 1110. The zero-order valence-electron chi connectivity index (χ0n) is 18.3. The van der Waals surface area contributed by atoms with Gasteiger partial charge in [-0.15, -0.1) is 0 Å². The van der Waals surface area contributed by atoms with E-state index in [1.54, 1.807) is 12.1 Å². The fourth-order valence-electron chi connectivity index (χ4n) is 4.91. The Balaban J connectivity index is 1.43. The number of hydrogen-bond acceptors (Lipinski definition) is 5. The molecule has 2 amide bonds. The summed E-state index contributed by atoms with van der Waals surface area (Å²) >= 11 is 0. The van der Waals surface area contributed by atoms with Gasteiger partial charge in [-0.2, -0.15) is 13.2 Å². The van der Waals surface area contributed by atoms with Gasteiger partial charge in [0.05, 0.1) is 24.3 Å². The standard InChI is InChI=1S/C24H24F3N3O4/c25-24(26,27)21-13-22(31)28-16-4-1-2-5-18(16)30(21)23(32)14-29-9-3-6-17(29)15-7-8-19-20(12-15)34-11-10-33-19/h1-2,4-5,7-8,12,17,21H,3,6,9-11,13-14H2,(H,28,31)/t17-,21-/m1/s1. The van der Waals surface area contributed by atoms with Gasteiger partial charge in [0.1, 0.15) is 19.3 Å². The van der Waals surface area contributed by atoms with Crippen molar-refractivity contribution in [2.24, 2.45) is 0 Å². The monoisotopic (exact) mass is 475 g/mol. The maximum Gasteiger partial charge on any atom is 0.409 e. The van der Waals surface area contributed by atoms with E-state index in [1.807, 2.05) is 23.1 Å². The Morgan fingerprint density at radius 1 is 1.09 bits per heavy atom. The molecule has 5 rings (SSSR count). The predicted molar refractivity (Wildman–Crippen MR) is 118 cm³/mol. The quantitative estimate of drug-likeness (QED) is 0.729. The van der Waals surface area contributed by atoms with Crippen molar-refractivity contribution in [2.45, 2.75) is 37.5 Å². The second-order valence-electron chi connectivity index (χ2n) is 8.62. The largest absolute Gasteiger partial charge is 0.486 e. The fraction of sp³-hybridized carbons (Fsp3) is 0.417. The molecule has 1 fully saturated rings. The number of anilines is 2. The van der Waals surface area contributed by atoms with Crippen LogP contribution in [-0.4, -0.2) is 55.2 Å². The fourth-order valence-corrected chi connectivity index (χ4v) is 4.91. The lowest BCUT2D eigenvalue weighted by molar-refractivity contribution is -0.158. The molecule has 1 N–H and O–H groups in total. The molecule has 0 radical (unpaired) electrons. The highest BCUT2D eigenvalue weighted by Crippen LogP contribution is 2.40. The minimum absolute atomic E-state index is 0.0516. The average Bonchev–Trinajstić information content (AvgIpc) is 3.20. The van der Waals surface area contributed by atoms with Crippen LogP contribution in [0.2, 0.25) is 0 Å². The highest BCUT2D eigenvalue weighted by atomic mass is 19.4. The number of carbonyl (C=O) groups excluding carboxylic acids is 2. The zero-order valence-corrected chi connectivity index (χ0v) is 18.3. The lowest BCUT2D eigenvalue weighted by Gasteiger charge is -2.34. The van der Waals surface area contributed by atoms with E-state index < -0.39 is 30.5 Å². The summed E-state index contributed by atoms with van der Waals surface area (Å²) < 4.78 is 53.2. The molecular formula is C24H24F3N3O4. The number of nitrogens with zero attached hydrogens (tertiary/aromatic N) is 2. The van der Waals surface area contributed by atoms with Crippen molar-refractivity contribution in [3.63, 3.8) is 0 Å². The zero-order chi connectivity index (χ0) is 23.9. The number of ether oxygens (including phenoxy) is 2. The molecule has 0 unspecified atom stereocenters. The van der Waals surface area contributed by atoms with E-state index in [1.165, 1.54) is 12.1 Å². The van der Waals surface area contributed by atoms with E-state index in [4.69, 9.17) is 9.47 Å². The Hall–Kier alpha value is -3.27. The summed E-state index contributed by atoms with van der Waals surface area (Å²) in [4.78, 5) is 28.3. The molecule has 2 atom stereocenters. The Morgan fingerprint density at radius 3 is 2.65 bits per heavy atom. The second-order valence-corrected chi connectivity index (χ2v) is 8.62. The lowest BCUT2D eigenvalue weighted by atomic mass is 10.0. The Kier molecular flexibility index (Phi) is 5.85. The summed E-state index contributed by atoms with van der Waals surface area (Å²) in [7, 11) is 0. The van der Waals surface area contributed by atoms with Gasteiger partial charge < -0.3 is 14.8 Å². The molecule has 2 aromatic rings. The lowest BCUT2D eigenvalue weighted by Crippen LogP contribution is -2.52. The first kappa shape index (κ1) is 22.5. The minimum Gasteiger partial charge on any atom is -0.486 e. The van der Waals surface area contributed by atoms with Crippen LogP contribution in [0.1, 0.15) is 30.9 Å². The SMILES string of the molecule is O=C1C[C@H](C(F)(F)F)N(C(=O)CN2CCC[C@@H]2c2ccc3c(c2)OCCO3)c2ccccc2N1. The van der Waals surface area contributed by atoms with Crippen LogP contribution in [0.15, 0.2) is 42.5 Å². The molecule has 3 aliphatic rings. The molecule has 0 aromatic heterocycles. The van der Waals surface area contributed by atoms with Gasteiger partial charge in [-0.25, -0.2) is 0 Å². The van der Waals surface area contributed by atoms with Crippen LogP contribution in [0.5, 0.6) is 11.5 Å². The van der Waals surface area contributed by atoms with E-state index in [2.05, 4.69) is 5.32 Å². The minimum atomic E-state index is -4.76. The Labute approximate surface area is 194 Å². The predicted octanol–water partition coefficient (Wildman–Crippen LogP) is 3.90. The number of nitrogens with one attached hydrogen (secondary N) is 1. The van der Waals surface area contributed by atoms with Crippen LogP contribution >= 0.6 is 0 Å². The van der Waals surface area contributed by atoms with E-state index in [9.17, 15) is 22.8 Å². The number of alkyl halides is 3. The van der Waals surface area contributed by atoms with Gasteiger partial charge in [0, 0.05) is 6.04 Å². The van der Waals surface area contributed by atoms with Gasteiger partial charge in [0.2, 0.25) is 11.8 Å². The number of rotatable bonds is 3. The molecule has 1 saturated heterocycles. The summed E-state index contributed by atoms with van der Waals surface area (Å²) in [6, 6.07) is 9.33. The summed E-state index contributed by atoms with van der Waals surface area (Å²) in [6.45, 7) is 1.30. The Morgan fingerprint density at radius 2 is 1.85 bits per heavy atom. The van der Waals surface area contributed by atoms with E-state index >= 15 is 0 Å². The average molecular weight is 475 g/mol. The molecule has 3 aliphatic heterocycles. The number of halogens is 3. The normalized spacial score (nSPS) is 22.7. The van der Waals surface area contributed by atoms with Gasteiger partial charge in [-0.3, -0.25) is 19.4 Å². The van der Waals surface area contributed by atoms with Crippen molar-refractivity contribution >= 4 is 23.2 Å². The molecule has 2 aromatic carbocycles. The number of para-hydroxylation sites is 2. The van der Waals surface area contributed by atoms with Crippen LogP contribution in [0.25, 0.3) is 0 Å². The molecule has 0 aliphatic carbocycles. The van der Waals surface area contributed by atoms with Gasteiger partial charge in [-0.05, 0) is 49.2 Å². The molecule has 0 spiro atoms. The molecule has 0 saturated carbocycles. The van der Waals surface area contributed by atoms with Crippen LogP contribution in [-0.2, 0) is 9.59 Å². The number of hydrogen-bond donors (Lipinski definition) is 1. The first-order valence-corrected chi connectivity index (χ1v) is 11.2. The van der Waals surface area contributed by atoms with Crippen LogP contribution in [0.3, 0.4) is 0 Å². The summed E-state index contributed by atoms with van der Waals surface area (Å²) in [5.74, 6) is -0.191. The van der Waals surface area contributed by atoms with Crippen molar-refractivity contribution in [2.75, 3.05) is 36.5 Å². The summed E-state index contributed by atoms with van der Waals surface area (Å²) in [5, 5.41) is 2.49. The van der Waals surface area contributed by atoms with Crippen LogP contribution in [0, 0.1) is 0 Å². The van der Waals surface area contributed by atoms with E-state index in [-0.39, 0.29) is 24.0 Å². The third kappa shape index (κ3) is 4.29. The maximum absolute atomic E-state index is 14.0. The number of benzene rings is 2. The summed E-state index contributed by atoms with van der Waals surface area (Å²) in [5.41, 5.74) is 1.17. The molecule has 7 nitrogen and oxygen atoms in total. The first-order valence-electron chi connectivity index (χ1n) is 11.2. The molecule has 180 valence electrons. The molecule has 34 heavy (non-hydrogen) atoms. The van der Waals surface area contributed by atoms with Crippen molar-refractivity contribution < 1.29 is 32.2 Å². The smallest absolute Gasteiger partial charge is 0.409 e.